The number of ether oxygens (including phenoxy) is 3. The van der Waals surface area contributed by atoms with E-state index in [1.807, 2.05) is 6.08 Å². The minimum atomic E-state index is -1.57. The highest BCUT2D eigenvalue weighted by Gasteiger charge is 2.44. The molecule has 0 aromatic rings. The van der Waals surface area contributed by atoms with E-state index in [-0.39, 0.29) is 18.5 Å². The van der Waals surface area contributed by atoms with Gasteiger partial charge in [0.05, 0.1) is 32.0 Å². The molecule has 540 valence electrons. The van der Waals surface area contributed by atoms with Crippen molar-refractivity contribution in [3.63, 3.8) is 0 Å². The van der Waals surface area contributed by atoms with Crippen LogP contribution in [0.1, 0.15) is 393 Å². The first-order chi connectivity index (χ1) is 45.2. The largest absolute Gasteiger partial charge is 0.466 e. The number of rotatable bonds is 71. The lowest BCUT2D eigenvalue weighted by Crippen LogP contribution is -2.60. The van der Waals surface area contributed by atoms with Crippen LogP contribution in [0.15, 0.2) is 48.6 Å². The van der Waals surface area contributed by atoms with Crippen LogP contribution in [0.25, 0.3) is 0 Å². The van der Waals surface area contributed by atoms with Gasteiger partial charge >= 0.3 is 5.97 Å². The molecular weight excluding hydrogens is 1150 g/mol. The zero-order valence-corrected chi connectivity index (χ0v) is 60.3. The maximum Gasteiger partial charge on any atom is 0.305 e. The van der Waals surface area contributed by atoms with E-state index in [4.69, 9.17) is 14.2 Å². The summed E-state index contributed by atoms with van der Waals surface area (Å²) in [5, 5.41) is 54.6. The van der Waals surface area contributed by atoms with E-state index < -0.39 is 49.5 Å². The molecule has 0 bridgehead atoms. The van der Waals surface area contributed by atoms with E-state index in [1.54, 1.807) is 6.08 Å². The Morgan fingerprint density at radius 3 is 1.14 bits per heavy atom. The van der Waals surface area contributed by atoms with E-state index >= 15 is 0 Å². The molecule has 0 aromatic heterocycles. The molecule has 0 aliphatic carbocycles. The van der Waals surface area contributed by atoms with Crippen LogP contribution in [0.3, 0.4) is 0 Å². The lowest BCUT2D eigenvalue weighted by atomic mass is 9.99. The van der Waals surface area contributed by atoms with Crippen LogP contribution in [-0.2, 0) is 23.8 Å². The number of hydrogen-bond donors (Lipinski definition) is 6. The van der Waals surface area contributed by atoms with Crippen molar-refractivity contribution in [1.82, 2.24) is 5.32 Å². The summed E-state index contributed by atoms with van der Waals surface area (Å²) < 4.78 is 16.8. The normalized spacial score (nSPS) is 17.8. The smallest absolute Gasteiger partial charge is 0.305 e. The van der Waals surface area contributed by atoms with Crippen LogP contribution in [0.4, 0.5) is 0 Å². The fourth-order valence-electron chi connectivity index (χ4n) is 12.6. The molecule has 7 atom stereocenters. The number of aliphatic hydroxyl groups is 5. The van der Waals surface area contributed by atoms with Gasteiger partial charge in [0, 0.05) is 12.8 Å². The highest BCUT2D eigenvalue weighted by Crippen LogP contribution is 2.24. The number of allylic oxidation sites excluding steroid dienone is 7. The molecule has 1 aliphatic rings. The van der Waals surface area contributed by atoms with Crippen molar-refractivity contribution in [3.05, 3.63) is 48.6 Å². The van der Waals surface area contributed by atoms with E-state index in [0.717, 1.165) is 64.2 Å². The quantitative estimate of drug-likeness (QED) is 0.0195. The van der Waals surface area contributed by atoms with E-state index in [0.29, 0.717) is 19.4 Å². The van der Waals surface area contributed by atoms with Crippen LogP contribution in [0.5, 0.6) is 0 Å². The molecule has 92 heavy (non-hydrogen) atoms. The van der Waals surface area contributed by atoms with E-state index in [1.165, 1.54) is 302 Å². The zero-order chi connectivity index (χ0) is 66.5. The molecule has 1 saturated heterocycles. The summed E-state index contributed by atoms with van der Waals surface area (Å²) in [4.78, 5) is 25.1. The molecule has 1 amide bonds. The molecular formula is C81H151NO10. The van der Waals surface area contributed by atoms with Gasteiger partial charge in [-0.3, -0.25) is 9.59 Å². The van der Waals surface area contributed by atoms with Crippen molar-refractivity contribution < 1.29 is 49.3 Å². The Balaban J connectivity index is 1.92. The molecule has 11 nitrogen and oxygen atoms in total. The second-order valence-corrected chi connectivity index (χ2v) is 27.8. The van der Waals surface area contributed by atoms with Gasteiger partial charge in [0.1, 0.15) is 24.4 Å². The van der Waals surface area contributed by atoms with Crippen LogP contribution in [0, 0.1) is 0 Å². The first kappa shape index (κ1) is 87.6. The predicted octanol–water partition coefficient (Wildman–Crippen LogP) is 21.5. The van der Waals surface area contributed by atoms with Gasteiger partial charge in [-0.05, 0) is 83.5 Å². The topological polar surface area (TPSA) is 175 Å². The lowest BCUT2D eigenvalue weighted by Gasteiger charge is -2.40. The summed E-state index contributed by atoms with van der Waals surface area (Å²) in [5.74, 6) is -0.172. The Labute approximate surface area is 567 Å². The number of esters is 1. The molecule has 1 rings (SSSR count). The first-order valence-corrected chi connectivity index (χ1v) is 39.9. The van der Waals surface area contributed by atoms with Gasteiger partial charge in [0.25, 0.3) is 0 Å². The van der Waals surface area contributed by atoms with Crippen molar-refractivity contribution in [2.24, 2.45) is 0 Å². The standard InChI is InChI=1S/C81H151NO10/c1-3-5-7-9-11-13-15-16-44-48-51-55-59-63-67-74(84)73(72-91-81-80(89)79(88)78(87)75(71-83)92-81)82-76(85)68-64-60-56-52-49-45-42-40-38-36-34-32-30-28-26-24-22-20-18-17-19-21-23-25-27-29-31-33-35-37-39-41-43-46-50-54-58-62-66-70-90-77(86)69-65-61-57-53-47-14-12-10-8-6-4-2/h10,12,17-18,21,23,63,67,73-75,78-81,83-84,87-89H,3-9,11,13-16,19-20,22,24-62,64-66,68-72H2,1-2H3,(H,82,85)/b12-10-,18-17-,23-21-,67-63+. The highest BCUT2D eigenvalue weighted by atomic mass is 16.7. The number of carbonyl (C=O) groups is 2. The molecule has 1 heterocycles. The number of carbonyl (C=O) groups excluding carboxylic acids is 2. The molecule has 0 saturated carbocycles. The molecule has 1 aliphatic heterocycles. The summed E-state index contributed by atoms with van der Waals surface area (Å²) in [7, 11) is 0. The molecule has 6 N–H and O–H groups in total. The van der Waals surface area contributed by atoms with Crippen molar-refractivity contribution in [2.75, 3.05) is 19.8 Å². The minimum Gasteiger partial charge on any atom is -0.466 e. The second kappa shape index (κ2) is 70.0. The number of unbranched alkanes of at least 4 members (excludes halogenated alkanes) is 51. The first-order valence-electron chi connectivity index (χ1n) is 39.9. The summed E-state index contributed by atoms with van der Waals surface area (Å²) in [6, 6.07) is -0.808. The number of nitrogens with one attached hydrogen (secondary N) is 1. The third-order valence-corrected chi connectivity index (χ3v) is 18.9. The van der Waals surface area contributed by atoms with Gasteiger partial charge in [-0.2, -0.15) is 0 Å². The molecule has 0 spiro atoms. The van der Waals surface area contributed by atoms with E-state index in [2.05, 4.69) is 55.6 Å². The third-order valence-electron chi connectivity index (χ3n) is 18.9. The van der Waals surface area contributed by atoms with Gasteiger partial charge in [0.2, 0.25) is 5.91 Å². The van der Waals surface area contributed by atoms with Crippen molar-refractivity contribution >= 4 is 11.9 Å². The van der Waals surface area contributed by atoms with Crippen LogP contribution in [0.2, 0.25) is 0 Å². The van der Waals surface area contributed by atoms with Crippen molar-refractivity contribution in [2.45, 2.75) is 436 Å². The average Bonchev–Trinajstić information content (AvgIpc) is 1.07. The maximum absolute atomic E-state index is 13.1. The van der Waals surface area contributed by atoms with Gasteiger partial charge in [0.15, 0.2) is 6.29 Å². The molecule has 7 unspecified atom stereocenters. The molecule has 0 aromatic carbocycles. The fourth-order valence-corrected chi connectivity index (χ4v) is 12.6. The Hall–Kier alpha value is -2.38. The fraction of sp³-hybridized carbons (Fsp3) is 0.877. The Morgan fingerprint density at radius 2 is 0.739 bits per heavy atom. The SMILES string of the molecule is CCCC/C=C\CCCCCCCC(=O)OCCCCCCCCCCCCCCCCC/C=C\C/C=C\CCCCCCCCCCCCCCCCCCCC(=O)NC(COC1OC(CO)C(O)C(O)C1O)C(O)/C=C/CCCCCCCCCCCCCC. The number of aliphatic hydroxyl groups excluding tert-OH is 5. The van der Waals surface area contributed by atoms with Crippen molar-refractivity contribution in [1.29, 1.82) is 0 Å². The highest BCUT2D eigenvalue weighted by molar-refractivity contribution is 5.76. The summed E-state index contributed by atoms with van der Waals surface area (Å²) in [6.07, 6.45) is 82.8. The molecule has 0 radical (unpaired) electrons. The Bertz CT molecular complexity index is 1670. The van der Waals surface area contributed by atoms with Crippen LogP contribution < -0.4 is 5.32 Å². The lowest BCUT2D eigenvalue weighted by molar-refractivity contribution is -0.302. The van der Waals surface area contributed by atoms with Gasteiger partial charge in [-0.1, -0.05) is 345 Å². The monoisotopic (exact) mass is 1300 g/mol. The molecule has 1 fully saturated rings. The molecule has 11 heteroatoms. The Kier molecular flexibility index (Phi) is 66.6. The van der Waals surface area contributed by atoms with Gasteiger partial charge < -0.3 is 45.1 Å². The van der Waals surface area contributed by atoms with Gasteiger partial charge in [-0.25, -0.2) is 0 Å². The maximum atomic E-state index is 13.1. The average molecular weight is 1300 g/mol. The van der Waals surface area contributed by atoms with E-state index in [9.17, 15) is 35.1 Å². The summed E-state index contributed by atoms with van der Waals surface area (Å²) in [5.41, 5.74) is 0. The van der Waals surface area contributed by atoms with Crippen LogP contribution in [-0.4, -0.2) is 100 Å². The zero-order valence-electron chi connectivity index (χ0n) is 60.3. The second-order valence-electron chi connectivity index (χ2n) is 27.8. The summed E-state index contributed by atoms with van der Waals surface area (Å²) in [6.45, 7) is 4.35. The Morgan fingerprint density at radius 1 is 0.402 bits per heavy atom. The minimum absolute atomic E-state index is 0.00369. The van der Waals surface area contributed by atoms with Crippen LogP contribution >= 0.6 is 0 Å². The third kappa shape index (κ3) is 57.8. The number of amides is 1. The van der Waals surface area contributed by atoms with Gasteiger partial charge in [-0.15, -0.1) is 0 Å². The predicted molar refractivity (Wildman–Crippen MR) is 389 cm³/mol. The number of hydrogen-bond acceptors (Lipinski definition) is 10. The van der Waals surface area contributed by atoms with Crippen molar-refractivity contribution in [3.8, 4) is 0 Å². The summed E-state index contributed by atoms with van der Waals surface area (Å²) >= 11 is 0.